The third kappa shape index (κ3) is 24.8. The van der Waals surface area contributed by atoms with Gasteiger partial charge in [0.2, 0.25) is 59.1 Å². The minimum absolute atomic E-state index is 0.0351. The van der Waals surface area contributed by atoms with Crippen LogP contribution in [0.4, 0.5) is 0 Å². The van der Waals surface area contributed by atoms with E-state index in [0.29, 0.717) is 30.5 Å². The Bertz CT molecular complexity index is 2500. The van der Waals surface area contributed by atoms with E-state index in [2.05, 4.69) is 68.1 Å². The summed E-state index contributed by atoms with van der Waals surface area (Å²) in [6.45, 7) is 12.9. The lowest BCUT2D eigenvalue weighted by molar-refractivity contribution is -0.138. The SMILES string of the molecule is CC[C@H](C)[C@H](N)C(=O)N[C@H](C(=O)N[C@@H](CO)C(=O)N[C@@H](C)C(=O)N[C@H](C(=O)N[C@@H](CCCN=C(N)N)C(=O)NCC(=O)N[C@@H](Cc1ccccc1)C(=O)N[C@H](C(=O)N[C@@H](Cc1cnc[nH]1)C(=O)NCC(=O)O)[C@@H](C)CC)C(C)C)[C@@H](C)CC. The number of rotatable bonds is 37. The number of aliphatic imine (C=N–C) groups is 1. The fourth-order valence-corrected chi connectivity index (χ4v) is 8.07. The van der Waals surface area contributed by atoms with Gasteiger partial charge in [-0.15, -0.1) is 0 Å². The highest BCUT2D eigenvalue weighted by molar-refractivity contribution is 5.98. The molecule has 1 aromatic carbocycles. The molecule has 29 nitrogen and oxygen atoms in total. The van der Waals surface area contributed by atoms with Gasteiger partial charge in [0.05, 0.1) is 25.5 Å². The fraction of sp³-hybridized carbons (Fsp3) is 0.611. The van der Waals surface area contributed by atoms with Crippen LogP contribution in [0.5, 0.6) is 0 Å². The zero-order chi connectivity index (χ0) is 62.5. The molecule has 0 saturated heterocycles. The predicted molar refractivity (Wildman–Crippen MR) is 305 cm³/mol. The fourth-order valence-electron chi connectivity index (χ4n) is 8.07. The maximum Gasteiger partial charge on any atom is 0.322 e. The number of guanidine groups is 1. The van der Waals surface area contributed by atoms with Gasteiger partial charge >= 0.3 is 5.97 Å². The Hall–Kier alpha value is -8.21. The van der Waals surface area contributed by atoms with Crippen molar-refractivity contribution in [3.63, 3.8) is 0 Å². The number of amides is 10. The lowest BCUT2D eigenvalue weighted by Gasteiger charge is -2.29. The number of carboxylic acids is 1. The van der Waals surface area contributed by atoms with Crippen LogP contribution in [0, 0.1) is 23.7 Å². The number of nitrogens with zero attached hydrogens (tertiary/aromatic N) is 2. The molecule has 0 fully saturated rings. The Balaban J connectivity index is 2.29. The van der Waals surface area contributed by atoms with Crippen molar-refractivity contribution in [3.8, 4) is 0 Å². The molecule has 29 heteroatoms. The Morgan fingerprint density at radius 2 is 1.08 bits per heavy atom. The molecule has 2 aromatic rings. The number of nitrogens with two attached hydrogens (primary N) is 3. The number of benzene rings is 1. The summed E-state index contributed by atoms with van der Waals surface area (Å²) in [7, 11) is 0. The number of imidazole rings is 1. The van der Waals surface area contributed by atoms with Crippen molar-refractivity contribution < 1.29 is 63.0 Å². The second-order valence-electron chi connectivity index (χ2n) is 20.9. The smallest absolute Gasteiger partial charge is 0.322 e. The maximum absolute atomic E-state index is 14.2. The molecule has 462 valence electrons. The van der Waals surface area contributed by atoms with Crippen LogP contribution in [0.1, 0.15) is 106 Å². The third-order valence-electron chi connectivity index (χ3n) is 13.9. The molecule has 19 N–H and O–H groups in total. The van der Waals surface area contributed by atoms with Gasteiger partial charge < -0.3 is 85.6 Å². The standard InChI is InChI=1S/C54H88N16O13/c1-10-29(6)41(55)50(80)70-44(31(8)12-3)53(83)67-38(26-71)49(79)63-32(9)45(75)68-42(28(4)5)51(81)65-35(19-16-20-59-54(56)57)46(76)60-24-39(72)64-36(21-33-17-14-13-15-18-33)48(78)69-43(30(7)11-2)52(82)66-37(22-34-23-58-27-62-34)47(77)61-25-40(73)74/h13-15,17-18,23,27-32,35-38,41-44,71H,10-12,16,19-22,24-26,55H2,1-9H3,(H,58,62)(H,60,76)(H,61,77)(H,63,79)(H,64,72)(H,65,81)(H,66,82)(H,67,83)(H,68,75)(H,69,78)(H,70,80)(H,73,74)(H4,56,57,59)/t29-,30-,31-,32-,35-,36-,37-,38-,41-,42-,43-,44-/m0/s1. The Morgan fingerprint density at radius 1 is 0.578 bits per heavy atom. The zero-order valence-electron chi connectivity index (χ0n) is 48.8. The number of carbonyl (C=O) groups excluding carboxylic acids is 10. The van der Waals surface area contributed by atoms with Gasteiger partial charge in [-0.2, -0.15) is 0 Å². The number of nitrogens with one attached hydrogen (secondary N) is 11. The molecule has 83 heavy (non-hydrogen) atoms. The molecular weight excluding hydrogens is 1080 g/mol. The minimum atomic E-state index is -1.56. The van der Waals surface area contributed by atoms with E-state index in [4.69, 9.17) is 22.3 Å². The largest absolute Gasteiger partial charge is 0.480 e. The third-order valence-corrected chi connectivity index (χ3v) is 13.9. The van der Waals surface area contributed by atoms with Crippen LogP contribution in [0.25, 0.3) is 0 Å². The number of aromatic nitrogens is 2. The van der Waals surface area contributed by atoms with Crippen LogP contribution in [0.3, 0.4) is 0 Å². The first-order valence-electron chi connectivity index (χ1n) is 27.8. The van der Waals surface area contributed by atoms with Gasteiger partial charge in [-0.25, -0.2) is 4.98 Å². The number of aliphatic carboxylic acids is 1. The van der Waals surface area contributed by atoms with Crippen molar-refractivity contribution in [1.29, 1.82) is 0 Å². The van der Waals surface area contributed by atoms with Crippen molar-refractivity contribution in [1.82, 2.24) is 63.1 Å². The van der Waals surface area contributed by atoms with Gasteiger partial charge in [-0.3, -0.25) is 57.7 Å². The summed E-state index contributed by atoms with van der Waals surface area (Å²) in [6.07, 6.45) is 4.10. The number of aliphatic hydroxyl groups excluding tert-OH is 1. The minimum Gasteiger partial charge on any atom is -0.480 e. The van der Waals surface area contributed by atoms with E-state index in [-0.39, 0.29) is 44.1 Å². The lowest BCUT2D eigenvalue weighted by atomic mass is 9.95. The first kappa shape index (κ1) is 70.9. The van der Waals surface area contributed by atoms with Crippen LogP contribution in [-0.2, 0) is 65.6 Å². The highest BCUT2D eigenvalue weighted by atomic mass is 16.4. The maximum atomic E-state index is 14.2. The molecule has 0 radical (unpaired) electrons. The Labute approximate surface area is 483 Å². The number of carboxylic acid groups (broad SMARTS) is 1. The van der Waals surface area contributed by atoms with Crippen LogP contribution < -0.4 is 70.4 Å². The van der Waals surface area contributed by atoms with Crippen molar-refractivity contribution in [3.05, 3.63) is 54.1 Å². The summed E-state index contributed by atoms with van der Waals surface area (Å²) in [5, 5.41) is 44.7. The van der Waals surface area contributed by atoms with E-state index in [1.54, 1.807) is 78.8 Å². The van der Waals surface area contributed by atoms with Crippen LogP contribution in [-0.4, -0.2) is 172 Å². The summed E-state index contributed by atoms with van der Waals surface area (Å²) in [6, 6.07) is -2.91. The molecule has 0 spiro atoms. The number of aliphatic hydroxyl groups is 1. The van der Waals surface area contributed by atoms with Crippen LogP contribution in [0.15, 0.2) is 47.8 Å². The summed E-state index contributed by atoms with van der Waals surface area (Å²) in [5.41, 5.74) is 18.1. The lowest BCUT2D eigenvalue weighted by Crippen LogP contribution is -2.61. The molecular formula is C54H88N16O13. The Morgan fingerprint density at radius 3 is 1.61 bits per heavy atom. The van der Waals surface area contributed by atoms with Gasteiger partial charge in [-0.1, -0.05) is 105 Å². The topological polar surface area (TPSA) is 468 Å². The first-order valence-corrected chi connectivity index (χ1v) is 27.8. The first-order chi connectivity index (χ1) is 39.2. The Kier molecular flexibility index (Phi) is 31.0. The monoisotopic (exact) mass is 1170 g/mol. The van der Waals surface area contributed by atoms with E-state index in [1.165, 1.54) is 19.4 Å². The van der Waals surface area contributed by atoms with E-state index in [0.717, 1.165) is 0 Å². The second-order valence-corrected chi connectivity index (χ2v) is 20.9. The molecule has 1 heterocycles. The zero-order valence-corrected chi connectivity index (χ0v) is 48.8. The van der Waals surface area contributed by atoms with Crippen molar-refractivity contribution in [2.75, 3.05) is 26.2 Å². The highest BCUT2D eigenvalue weighted by Gasteiger charge is 2.36. The molecule has 0 aliphatic heterocycles. The molecule has 10 amide bonds. The molecule has 0 saturated carbocycles. The summed E-state index contributed by atoms with van der Waals surface area (Å²) >= 11 is 0. The van der Waals surface area contributed by atoms with Crippen LogP contribution in [0.2, 0.25) is 0 Å². The quantitative estimate of drug-likeness (QED) is 0.0178. The number of aromatic amines is 1. The summed E-state index contributed by atoms with van der Waals surface area (Å²) < 4.78 is 0. The average molecular weight is 1170 g/mol. The molecule has 12 atom stereocenters. The normalized spacial score (nSPS) is 15.4. The number of hydrogen-bond acceptors (Lipinski definition) is 15. The van der Waals surface area contributed by atoms with Gasteiger partial charge in [-0.05, 0) is 49.0 Å². The van der Waals surface area contributed by atoms with E-state index < -0.39 is 157 Å². The highest BCUT2D eigenvalue weighted by Crippen LogP contribution is 2.14. The van der Waals surface area contributed by atoms with Gasteiger partial charge in [0.1, 0.15) is 54.9 Å². The second kappa shape index (κ2) is 36.3. The molecule has 1 aromatic heterocycles. The number of hydrogen-bond donors (Lipinski definition) is 16. The predicted octanol–water partition coefficient (Wildman–Crippen LogP) is -3.42. The van der Waals surface area contributed by atoms with E-state index in [1.807, 2.05) is 6.92 Å². The van der Waals surface area contributed by atoms with Crippen molar-refractivity contribution in [2.24, 2.45) is 45.9 Å². The van der Waals surface area contributed by atoms with E-state index >= 15 is 0 Å². The number of carbonyl (C=O) groups is 11. The molecule has 0 unspecified atom stereocenters. The van der Waals surface area contributed by atoms with E-state index in [9.17, 15) is 57.8 Å². The van der Waals surface area contributed by atoms with Gasteiger partial charge in [0.15, 0.2) is 5.96 Å². The molecule has 0 aliphatic carbocycles. The molecule has 0 aliphatic rings. The van der Waals surface area contributed by atoms with Gasteiger partial charge in [0, 0.05) is 31.3 Å². The van der Waals surface area contributed by atoms with Crippen molar-refractivity contribution in [2.45, 2.75) is 162 Å². The van der Waals surface area contributed by atoms with Crippen LogP contribution >= 0.6 is 0 Å². The van der Waals surface area contributed by atoms with Gasteiger partial charge in [0.25, 0.3) is 0 Å². The summed E-state index contributed by atoms with van der Waals surface area (Å²) in [4.78, 5) is 158. The number of H-pyrrole nitrogens is 1. The average Bonchev–Trinajstić information content (AvgIpc) is 4.02. The van der Waals surface area contributed by atoms with Crippen molar-refractivity contribution >= 4 is 71.0 Å². The molecule has 2 rings (SSSR count). The summed E-state index contributed by atoms with van der Waals surface area (Å²) in [5.74, 6) is -11.4. The molecule has 0 bridgehead atoms.